The summed E-state index contributed by atoms with van der Waals surface area (Å²) >= 11 is 0. The number of rotatable bonds is 5. The maximum Gasteiger partial charge on any atom is 0.178 e. The molecule has 0 bridgehead atoms. The Balaban J connectivity index is 1.61. The third-order valence-corrected chi connectivity index (χ3v) is 7.58. The molecule has 1 saturated heterocycles. The van der Waals surface area contributed by atoms with Crippen molar-refractivity contribution in [1.29, 1.82) is 0 Å². The van der Waals surface area contributed by atoms with Gasteiger partial charge in [-0.15, -0.1) is 0 Å². The Morgan fingerprint density at radius 1 is 1.14 bits per heavy atom. The molecule has 4 rings (SSSR count). The highest BCUT2D eigenvalue weighted by Gasteiger charge is 2.26. The van der Waals surface area contributed by atoms with Crippen molar-refractivity contribution >= 4 is 21.5 Å². The minimum Gasteiger partial charge on any atom is -0.363 e. The molecular weight excluding hydrogens is 386 g/mol. The van der Waals surface area contributed by atoms with Crippen LogP contribution in [-0.4, -0.2) is 50.3 Å². The van der Waals surface area contributed by atoms with E-state index in [1.54, 1.807) is 6.33 Å². The summed E-state index contributed by atoms with van der Waals surface area (Å²) in [4.78, 5) is 11.6. The smallest absolute Gasteiger partial charge is 0.178 e. The zero-order valence-corrected chi connectivity index (χ0v) is 17.9. The molecule has 2 aliphatic rings. The molecule has 1 aromatic heterocycles. The number of hydrogen-bond acceptors (Lipinski definition) is 7. The van der Waals surface area contributed by atoms with Crippen LogP contribution in [0.2, 0.25) is 0 Å². The van der Waals surface area contributed by atoms with Gasteiger partial charge in [0.2, 0.25) is 0 Å². The van der Waals surface area contributed by atoms with Crippen LogP contribution < -0.4 is 15.5 Å². The van der Waals surface area contributed by atoms with Crippen molar-refractivity contribution in [2.75, 3.05) is 42.1 Å². The van der Waals surface area contributed by atoms with Gasteiger partial charge in [-0.2, -0.15) is 0 Å². The van der Waals surface area contributed by atoms with Crippen molar-refractivity contribution in [3.05, 3.63) is 41.7 Å². The number of fused-ring (bicyclic) bond motifs is 1. The van der Waals surface area contributed by atoms with E-state index in [0.29, 0.717) is 11.3 Å². The number of benzene rings is 1. The van der Waals surface area contributed by atoms with Gasteiger partial charge in [-0.3, -0.25) is 0 Å². The van der Waals surface area contributed by atoms with Crippen LogP contribution in [-0.2, 0) is 16.3 Å². The second-order valence-electron chi connectivity index (χ2n) is 8.15. The Morgan fingerprint density at radius 3 is 2.69 bits per heavy atom. The summed E-state index contributed by atoms with van der Waals surface area (Å²) in [6, 6.07) is 7.83. The van der Waals surface area contributed by atoms with E-state index in [-0.39, 0.29) is 17.7 Å². The lowest BCUT2D eigenvalue weighted by Crippen LogP contribution is -2.43. The fourth-order valence-corrected chi connectivity index (χ4v) is 5.74. The normalized spacial score (nSPS) is 19.6. The Bertz CT molecular complexity index is 971. The van der Waals surface area contributed by atoms with Crippen LogP contribution in [0.5, 0.6) is 0 Å². The van der Waals surface area contributed by atoms with Crippen LogP contribution in [0.4, 0.5) is 11.6 Å². The minimum absolute atomic E-state index is 0.0387. The third-order valence-electron chi connectivity index (χ3n) is 5.71. The van der Waals surface area contributed by atoms with E-state index in [2.05, 4.69) is 45.4 Å². The van der Waals surface area contributed by atoms with Gasteiger partial charge in [0.1, 0.15) is 18.0 Å². The molecule has 0 spiro atoms. The van der Waals surface area contributed by atoms with Crippen molar-refractivity contribution in [2.45, 2.75) is 37.6 Å². The van der Waals surface area contributed by atoms with Gasteiger partial charge >= 0.3 is 0 Å². The predicted molar refractivity (Wildman–Crippen MR) is 115 cm³/mol. The number of anilines is 2. The van der Waals surface area contributed by atoms with Crippen molar-refractivity contribution in [1.82, 2.24) is 15.3 Å². The molecule has 2 aliphatic heterocycles. The summed E-state index contributed by atoms with van der Waals surface area (Å²) < 4.78 is 25.1. The first-order valence-corrected chi connectivity index (χ1v) is 12.0. The quantitative estimate of drug-likeness (QED) is 0.775. The number of sulfone groups is 1. The molecule has 7 nitrogen and oxygen atoms in total. The van der Waals surface area contributed by atoms with Gasteiger partial charge in [0, 0.05) is 32.2 Å². The maximum atomic E-state index is 12.5. The zero-order valence-electron chi connectivity index (χ0n) is 17.1. The van der Waals surface area contributed by atoms with Gasteiger partial charge in [-0.25, -0.2) is 18.4 Å². The lowest BCUT2D eigenvalue weighted by atomic mass is 9.94. The largest absolute Gasteiger partial charge is 0.363 e. The SMILES string of the molecule is CC(C)[C@H](Nc1cc(N2CCNCC2)ncn1)c1ccc2c(c1)S(=O)(=O)CCC2. The second-order valence-corrected chi connectivity index (χ2v) is 10.2. The molecular formula is C21H29N5O2S. The van der Waals surface area contributed by atoms with Crippen molar-refractivity contribution in [3.8, 4) is 0 Å². The van der Waals surface area contributed by atoms with Crippen molar-refractivity contribution in [2.24, 2.45) is 5.92 Å². The highest BCUT2D eigenvalue weighted by molar-refractivity contribution is 7.91. The van der Waals surface area contributed by atoms with Crippen LogP contribution in [0.3, 0.4) is 0 Å². The van der Waals surface area contributed by atoms with Crippen molar-refractivity contribution < 1.29 is 8.42 Å². The molecule has 2 aromatic rings. The van der Waals surface area contributed by atoms with E-state index in [9.17, 15) is 8.42 Å². The Kier molecular flexibility index (Phi) is 5.74. The number of nitrogens with one attached hydrogen (secondary N) is 2. The summed E-state index contributed by atoms with van der Waals surface area (Å²) in [5.74, 6) is 2.17. The highest BCUT2D eigenvalue weighted by atomic mass is 32.2. The van der Waals surface area contributed by atoms with Crippen LogP contribution in [0.1, 0.15) is 37.4 Å². The molecule has 2 N–H and O–H groups in total. The van der Waals surface area contributed by atoms with Crippen LogP contribution in [0.15, 0.2) is 35.5 Å². The van der Waals surface area contributed by atoms with Crippen LogP contribution >= 0.6 is 0 Å². The highest BCUT2D eigenvalue weighted by Crippen LogP contribution is 2.32. The van der Waals surface area contributed by atoms with E-state index in [4.69, 9.17) is 0 Å². The van der Waals surface area contributed by atoms with E-state index < -0.39 is 9.84 Å². The summed E-state index contributed by atoms with van der Waals surface area (Å²) in [6.07, 6.45) is 3.12. The summed E-state index contributed by atoms with van der Waals surface area (Å²) in [6.45, 7) is 8.00. The third kappa shape index (κ3) is 4.38. The zero-order chi connectivity index (χ0) is 20.4. The summed E-state index contributed by atoms with van der Waals surface area (Å²) in [5, 5.41) is 6.87. The standard InChI is InChI=1S/C21H29N5O2S/c1-15(2)21(17-6-5-16-4-3-11-29(27,28)18(16)12-17)25-19-13-20(24-14-23-19)26-9-7-22-8-10-26/h5-6,12-15,21-22H,3-4,7-11H2,1-2H3,(H,23,24,25)/t21-/m0/s1. The molecule has 0 saturated carbocycles. The molecule has 29 heavy (non-hydrogen) atoms. The Labute approximate surface area is 172 Å². The van der Waals surface area contributed by atoms with Gasteiger partial charge in [0.25, 0.3) is 0 Å². The van der Waals surface area contributed by atoms with E-state index in [1.807, 2.05) is 18.2 Å². The van der Waals surface area contributed by atoms with Gasteiger partial charge < -0.3 is 15.5 Å². The number of nitrogens with zero attached hydrogens (tertiary/aromatic N) is 3. The van der Waals surface area contributed by atoms with E-state index >= 15 is 0 Å². The first-order chi connectivity index (χ1) is 13.9. The molecule has 156 valence electrons. The Morgan fingerprint density at radius 2 is 1.93 bits per heavy atom. The molecule has 0 radical (unpaired) electrons. The fraction of sp³-hybridized carbons (Fsp3) is 0.524. The first-order valence-electron chi connectivity index (χ1n) is 10.3. The first kappa shape index (κ1) is 20.1. The Hall–Kier alpha value is -2.19. The minimum atomic E-state index is -3.18. The van der Waals surface area contributed by atoms with Crippen molar-refractivity contribution in [3.63, 3.8) is 0 Å². The molecule has 1 fully saturated rings. The molecule has 8 heteroatoms. The molecule has 3 heterocycles. The average molecular weight is 416 g/mol. The van der Waals surface area contributed by atoms with Crippen LogP contribution in [0.25, 0.3) is 0 Å². The lowest BCUT2D eigenvalue weighted by molar-refractivity contribution is 0.541. The fourth-order valence-electron chi connectivity index (χ4n) is 4.11. The lowest BCUT2D eigenvalue weighted by Gasteiger charge is -2.29. The van der Waals surface area contributed by atoms with Gasteiger partial charge in [0.15, 0.2) is 9.84 Å². The molecule has 1 atom stereocenters. The monoisotopic (exact) mass is 415 g/mol. The summed E-state index contributed by atoms with van der Waals surface area (Å²) in [5.41, 5.74) is 1.91. The average Bonchev–Trinajstić information content (AvgIpc) is 2.72. The predicted octanol–water partition coefficient (Wildman–Crippen LogP) is 2.42. The number of hydrogen-bond donors (Lipinski definition) is 2. The summed E-state index contributed by atoms with van der Waals surface area (Å²) in [7, 11) is -3.18. The van der Waals surface area contributed by atoms with Gasteiger partial charge in [0.05, 0.1) is 16.7 Å². The molecule has 0 amide bonds. The van der Waals surface area contributed by atoms with Crippen LogP contribution in [0, 0.1) is 5.92 Å². The number of aryl methyl sites for hydroxylation is 1. The number of aromatic nitrogens is 2. The molecule has 1 aromatic carbocycles. The maximum absolute atomic E-state index is 12.5. The van der Waals surface area contributed by atoms with Gasteiger partial charge in [-0.05, 0) is 36.0 Å². The second kappa shape index (κ2) is 8.28. The topological polar surface area (TPSA) is 87.2 Å². The van der Waals surface area contributed by atoms with E-state index in [1.165, 1.54) is 0 Å². The molecule has 0 unspecified atom stereocenters. The van der Waals surface area contributed by atoms with E-state index in [0.717, 1.165) is 55.4 Å². The molecule has 0 aliphatic carbocycles. The number of piperazine rings is 1. The van der Waals surface area contributed by atoms with Gasteiger partial charge in [-0.1, -0.05) is 26.0 Å².